The van der Waals surface area contributed by atoms with Crippen LogP contribution in [0.3, 0.4) is 0 Å². The maximum Gasteiger partial charge on any atom is 0.256 e. The number of benzene rings is 3. The van der Waals surface area contributed by atoms with Crippen molar-refractivity contribution in [1.82, 2.24) is 4.98 Å². The fourth-order valence-electron chi connectivity index (χ4n) is 3.56. The van der Waals surface area contributed by atoms with E-state index < -0.39 is 0 Å². The second kappa shape index (κ2) is 8.69. The van der Waals surface area contributed by atoms with Crippen LogP contribution in [-0.2, 0) is 0 Å². The van der Waals surface area contributed by atoms with Crippen molar-refractivity contribution in [2.75, 3.05) is 12.4 Å². The Morgan fingerprint density at radius 1 is 1.03 bits per heavy atom. The molecule has 1 aromatic heterocycles. The first kappa shape index (κ1) is 21.3. The van der Waals surface area contributed by atoms with Gasteiger partial charge in [0.25, 0.3) is 5.91 Å². The molecule has 6 heteroatoms. The molecule has 0 fully saturated rings. The lowest BCUT2D eigenvalue weighted by Crippen LogP contribution is -2.13. The van der Waals surface area contributed by atoms with E-state index in [9.17, 15) is 4.79 Å². The number of ether oxygens (including phenoxy) is 1. The van der Waals surface area contributed by atoms with E-state index in [2.05, 4.69) is 27.3 Å². The highest BCUT2D eigenvalue weighted by Crippen LogP contribution is 2.31. The Labute approximate surface area is 194 Å². The van der Waals surface area contributed by atoms with Crippen molar-refractivity contribution in [3.63, 3.8) is 0 Å². The van der Waals surface area contributed by atoms with Crippen LogP contribution in [0.1, 0.15) is 21.5 Å². The number of amides is 1. The average Bonchev–Trinajstić information content (AvgIpc) is 2.75. The lowest BCUT2D eigenvalue weighted by molar-refractivity contribution is 0.102. The number of carbonyl (C=O) groups is 1. The van der Waals surface area contributed by atoms with Gasteiger partial charge in [-0.15, -0.1) is 0 Å². The van der Waals surface area contributed by atoms with Crippen LogP contribution >= 0.6 is 27.5 Å². The summed E-state index contributed by atoms with van der Waals surface area (Å²) in [5.41, 5.74) is 5.59. The van der Waals surface area contributed by atoms with Gasteiger partial charge in [0, 0.05) is 15.4 Å². The highest BCUT2D eigenvalue weighted by atomic mass is 79.9. The summed E-state index contributed by atoms with van der Waals surface area (Å²) in [4.78, 5) is 18.2. The largest absolute Gasteiger partial charge is 0.497 e. The van der Waals surface area contributed by atoms with Gasteiger partial charge in [-0.2, -0.15) is 0 Å². The molecule has 4 aromatic rings. The van der Waals surface area contributed by atoms with Crippen LogP contribution in [0.15, 0.2) is 65.1 Å². The quantitative estimate of drug-likeness (QED) is 0.326. The molecular weight excluding hydrogens is 476 g/mol. The van der Waals surface area contributed by atoms with E-state index in [1.54, 1.807) is 19.2 Å². The smallest absolute Gasteiger partial charge is 0.256 e. The first-order valence-electron chi connectivity index (χ1n) is 9.68. The Kier molecular flexibility index (Phi) is 5.99. The number of hydrogen-bond donors (Lipinski definition) is 1. The van der Waals surface area contributed by atoms with Gasteiger partial charge in [-0.05, 0) is 74.0 Å². The van der Waals surface area contributed by atoms with Crippen molar-refractivity contribution >= 4 is 50.0 Å². The standard InChI is InChI=1S/C25H20BrClN2O2/c1-14-10-15(2)24-19(11-14)20(25(30)29-22-9-6-17(26)12-21(22)27)13-23(28-24)16-4-7-18(31-3)8-5-16/h4-13H,1-3H3,(H,29,30). The Balaban J connectivity index is 1.86. The molecule has 0 saturated heterocycles. The van der Waals surface area contributed by atoms with Crippen LogP contribution in [-0.4, -0.2) is 18.0 Å². The van der Waals surface area contributed by atoms with Gasteiger partial charge in [0.2, 0.25) is 0 Å². The number of carbonyl (C=O) groups excluding carboxylic acids is 1. The number of aromatic nitrogens is 1. The van der Waals surface area contributed by atoms with Crippen LogP contribution in [0, 0.1) is 13.8 Å². The third-order valence-corrected chi connectivity index (χ3v) is 5.86. The van der Waals surface area contributed by atoms with Gasteiger partial charge in [-0.3, -0.25) is 4.79 Å². The number of aryl methyl sites for hydroxylation is 2. The summed E-state index contributed by atoms with van der Waals surface area (Å²) in [6, 6.07) is 18.9. The molecule has 0 spiro atoms. The van der Waals surface area contributed by atoms with Crippen molar-refractivity contribution in [2.45, 2.75) is 13.8 Å². The molecule has 0 saturated carbocycles. The predicted molar refractivity (Wildman–Crippen MR) is 130 cm³/mol. The molecule has 0 bridgehead atoms. The fourth-order valence-corrected chi connectivity index (χ4v) is 4.28. The summed E-state index contributed by atoms with van der Waals surface area (Å²) in [6.45, 7) is 4.02. The number of fused-ring (bicyclic) bond motifs is 1. The minimum absolute atomic E-state index is 0.239. The van der Waals surface area contributed by atoms with Gasteiger partial charge in [0.05, 0.1) is 34.6 Å². The third-order valence-electron chi connectivity index (χ3n) is 5.06. The second-order valence-electron chi connectivity index (χ2n) is 7.34. The highest BCUT2D eigenvalue weighted by Gasteiger charge is 2.17. The molecule has 3 aromatic carbocycles. The van der Waals surface area contributed by atoms with Gasteiger partial charge >= 0.3 is 0 Å². The molecule has 4 rings (SSSR count). The van der Waals surface area contributed by atoms with Crippen LogP contribution in [0.25, 0.3) is 22.2 Å². The minimum atomic E-state index is -0.239. The van der Waals surface area contributed by atoms with Crippen LogP contribution in [0.4, 0.5) is 5.69 Å². The van der Waals surface area contributed by atoms with Gasteiger partial charge in [-0.1, -0.05) is 39.2 Å². The number of hydrogen-bond acceptors (Lipinski definition) is 3. The number of nitrogens with zero attached hydrogens (tertiary/aromatic N) is 1. The first-order valence-corrected chi connectivity index (χ1v) is 10.9. The molecule has 1 heterocycles. The normalized spacial score (nSPS) is 10.9. The maximum atomic E-state index is 13.3. The average molecular weight is 496 g/mol. The number of anilines is 1. The number of nitrogens with one attached hydrogen (secondary N) is 1. The topological polar surface area (TPSA) is 51.2 Å². The zero-order chi connectivity index (χ0) is 22.1. The molecule has 1 N–H and O–H groups in total. The molecule has 1 amide bonds. The van der Waals surface area contributed by atoms with Crippen LogP contribution in [0.2, 0.25) is 5.02 Å². The van der Waals surface area contributed by atoms with Crippen molar-refractivity contribution in [2.24, 2.45) is 0 Å². The minimum Gasteiger partial charge on any atom is -0.497 e. The van der Waals surface area contributed by atoms with Crippen molar-refractivity contribution in [3.8, 4) is 17.0 Å². The molecule has 4 nitrogen and oxygen atoms in total. The molecule has 0 unspecified atom stereocenters. The molecule has 156 valence electrons. The van der Waals surface area contributed by atoms with E-state index in [1.807, 2.05) is 56.3 Å². The monoisotopic (exact) mass is 494 g/mol. The number of pyridine rings is 1. The number of methoxy groups -OCH3 is 1. The van der Waals surface area contributed by atoms with E-state index in [0.717, 1.165) is 37.8 Å². The first-order chi connectivity index (χ1) is 14.9. The third kappa shape index (κ3) is 4.43. The molecular formula is C25H20BrClN2O2. The van der Waals surface area contributed by atoms with Crippen molar-refractivity contribution in [1.29, 1.82) is 0 Å². The van der Waals surface area contributed by atoms with Gasteiger partial charge in [0.1, 0.15) is 5.75 Å². The summed E-state index contributed by atoms with van der Waals surface area (Å²) < 4.78 is 6.10. The number of halogens is 2. The summed E-state index contributed by atoms with van der Waals surface area (Å²) in [6.07, 6.45) is 0. The Hall–Kier alpha value is -2.89. The van der Waals surface area contributed by atoms with Crippen molar-refractivity contribution < 1.29 is 9.53 Å². The highest BCUT2D eigenvalue weighted by molar-refractivity contribution is 9.10. The van der Waals surface area contributed by atoms with Crippen molar-refractivity contribution in [3.05, 3.63) is 86.8 Å². The molecule has 0 aliphatic heterocycles. The molecule has 0 atom stereocenters. The van der Waals surface area contributed by atoms with E-state index in [0.29, 0.717) is 22.0 Å². The summed E-state index contributed by atoms with van der Waals surface area (Å²) in [5, 5.41) is 4.21. The molecule has 31 heavy (non-hydrogen) atoms. The zero-order valence-electron chi connectivity index (χ0n) is 17.3. The van der Waals surface area contributed by atoms with E-state index in [-0.39, 0.29) is 5.91 Å². The molecule has 0 aliphatic carbocycles. The van der Waals surface area contributed by atoms with E-state index >= 15 is 0 Å². The summed E-state index contributed by atoms with van der Waals surface area (Å²) >= 11 is 9.70. The maximum absolute atomic E-state index is 13.3. The van der Waals surface area contributed by atoms with E-state index in [4.69, 9.17) is 21.3 Å². The van der Waals surface area contributed by atoms with E-state index in [1.165, 1.54) is 0 Å². The lowest BCUT2D eigenvalue weighted by atomic mass is 9.99. The van der Waals surface area contributed by atoms with Crippen LogP contribution in [0.5, 0.6) is 5.75 Å². The second-order valence-corrected chi connectivity index (χ2v) is 8.66. The Morgan fingerprint density at radius 2 is 1.77 bits per heavy atom. The summed E-state index contributed by atoms with van der Waals surface area (Å²) in [7, 11) is 1.63. The van der Waals surface area contributed by atoms with Gasteiger partial charge in [0.15, 0.2) is 0 Å². The molecule has 0 aliphatic rings. The SMILES string of the molecule is COc1ccc(-c2cc(C(=O)Nc3ccc(Br)cc3Cl)c3cc(C)cc(C)c3n2)cc1. The Bertz CT molecular complexity index is 1300. The zero-order valence-corrected chi connectivity index (χ0v) is 19.6. The molecule has 0 radical (unpaired) electrons. The number of rotatable bonds is 4. The lowest BCUT2D eigenvalue weighted by Gasteiger charge is -2.14. The van der Waals surface area contributed by atoms with Crippen LogP contribution < -0.4 is 10.1 Å². The fraction of sp³-hybridized carbons (Fsp3) is 0.120. The Morgan fingerprint density at radius 3 is 2.45 bits per heavy atom. The summed E-state index contributed by atoms with van der Waals surface area (Å²) in [5.74, 6) is 0.524. The van der Waals surface area contributed by atoms with Gasteiger partial charge < -0.3 is 10.1 Å². The predicted octanol–water partition coefficient (Wildman–Crippen LogP) is 7.20. The van der Waals surface area contributed by atoms with Gasteiger partial charge in [-0.25, -0.2) is 4.98 Å².